The van der Waals surface area contributed by atoms with Crippen molar-refractivity contribution in [3.8, 4) is 0 Å². The molecule has 37 heavy (non-hydrogen) atoms. The third-order valence-corrected chi connectivity index (χ3v) is 8.28. The summed E-state index contributed by atoms with van der Waals surface area (Å²) in [5, 5.41) is 18.6. The van der Waals surface area contributed by atoms with E-state index in [0.717, 1.165) is 42.8 Å². The number of tetrazole rings is 1. The van der Waals surface area contributed by atoms with Crippen LogP contribution in [0, 0.1) is 16.7 Å². The first kappa shape index (κ1) is 27.7. The number of para-hydroxylation sites is 1. The Balaban J connectivity index is 1.75. The minimum atomic E-state index is -0.359. The third-order valence-electron chi connectivity index (χ3n) is 7.71. The first-order valence-electron chi connectivity index (χ1n) is 13.1. The van der Waals surface area contributed by atoms with E-state index in [-0.39, 0.29) is 22.4 Å². The molecule has 1 N–H and O–H groups in total. The molecular weight excluding hydrogens is 501 g/mol. The average Bonchev–Trinajstić information content (AvgIpc) is 3.30. The standard InChI is InChI=1S/C30H39Cl2N5/c1-28(2,3)22-16-18-30(19-17-22,33-24-10-8-7-9-11-24)27-34-35-36-37(27)26(29(4,5)6)15-13-21-12-14-23(31)20-25(21)32/h7-15,20,22,26,33H,16-19H2,1-6H3/b15-13+/t22?,26-,30?/m0/s1. The molecule has 1 aromatic heterocycles. The second kappa shape index (κ2) is 10.8. The van der Waals surface area contributed by atoms with Crippen LogP contribution in [0.25, 0.3) is 6.08 Å². The van der Waals surface area contributed by atoms with E-state index in [9.17, 15) is 0 Å². The van der Waals surface area contributed by atoms with E-state index in [1.165, 1.54) is 0 Å². The van der Waals surface area contributed by atoms with Crippen molar-refractivity contribution in [2.75, 3.05) is 5.32 Å². The topological polar surface area (TPSA) is 55.6 Å². The lowest BCUT2D eigenvalue weighted by Gasteiger charge is -2.45. The zero-order valence-electron chi connectivity index (χ0n) is 22.8. The summed E-state index contributed by atoms with van der Waals surface area (Å²) in [7, 11) is 0. The minimum absolute atomic E-state index is 0.0842. The number of hydrogen-bond acceptors (Lipinski definition) is 4. The van der Waals surface area contributed by atoms with Gasteiger partial charge >= 0.3 is 0 Å². The molecule has 0 saturated heterocycles. The fraction of sp³-hybridized carbons (Fsp3) is 0.500. The summed E-state index contributed by atoms with van der Waals surface area (Å²) in [6.07, 6.45) is 8.38. The number of halogens is 2. The number of benzene rings is 2. The first-order valence-corrected chi connectivity index (χ1v) is 13.9. The molecule has 4 rings (SSSR count). The fourth-order valence-corrected chi connectivity index (χ4v) is 5.91. The summed E-state index contributed by atoms with van der Waals surface area (Å²) in [5.41, 5.74) is 1.77. The normalized spacial score (nSPS) is 21.8. The van der Waals surface area contributed by atoms with Crippen LogP contribution >= 0.6 is 23.2 Å². The summed E-state index contributed by atoms with van der Waals surface area (Å²) in [6.45, 7) is 13.7. The molecule has 5 nitrogen and oxygen atoms in total. The molecule has 3 aromatic rings. The lowest BCUT2D eigenvalue weighted by molar-refractivity contribution is 0.133. The molecule has 0 amide bonds. The van der Waals surface area contributed by atoms with E-state index in [1.807, 2.05) is 29.0 Å². The predicted octanol–water partition coefficient (Wildman–Crippen LogP) is 8.82. The Bertz CT molecular complexity index is 1210. The van der Waals surface area contributed by atoms with Gasteiger partial charge in [0.25, 0.3) is 0 Å². The van der Waals surface area contributed by atoms with Crippen LogP contribution in [0.3, 0.4) is 0 Å². The van der Waals surface area contributed by atoms with E-state index in [2.05, 4.69) is 92.7 Å². The van der Waals surface area contributed by atoms with Gasteiger partial charge in [0.15, 0.2) is 5.82 Å². The number of hydrogen-bond donors (Lipinski definition) is 1. The van der Waals surface area contributed by atoms with Crippen molar-refractivity contribution in [1.82, 2.24) is 20.2 Å². The lowest BCUT2D eigenvalue weighted by atomic mass is 9.67. The van der Waals surface area contributed by atoms with Crippen LogP contribution in [0.15, 0.2) is 54.6 Å². The van der Waals surface area contributed by atoms with Crippen LogP contribution in [0.1, 0.15) is 84.7 Å². The number of rotatable bonds is 6. The fourth-order valence-electron chi connectivity index (χ4n) is 5.44. The van der Waals surface area contributed by atoms with Crippen molar-refractivity contribution >= 4 is 35.0 Å². The van der Waals surface area contributed by atoms with E-state index in [1.54, 1.807) is 6.07 Å². The Morgan fingerprint density at radius 2 is 1.68 bits per heavy atom. The Kier molecular flexibility index (Phi) is 8.06. The van der Waals surface area contributed by atoms with E-state index in [4.69, 9.17) is 23.2 Å². The van der Waals surface area contributed by atoms with E-state index in [0.29, 0.717) is 16.0 Å². The van der Waals surface area contributed by atoms with Crippen LogP contribution < -0.4 is 5.32 Å². The van der Waals surface area contributed by atoms with Crippen molar-refractivity contribution in [2.24, 2.45) is 16.7 Å². The number of nitrogens with zero attached hydrogens (tertiary/aromatic N) is 4. The van der Waals surface area contributed by atoms with Crippen molar-refractivity contribution in [3.05, 3.63) is 76.0 Å². The molecule has 2 aromatic carbocycles. The van der Waals surface area contributed by atoms with Gasteiger partial charge in [0.05, 0.1) is 11.6 Å². The van der Waals surface area contributed by atoms with Crippen molar-refractivity contribution in [3.63, 3.8) is 0 Å². The quantitative estimate of drug-likeness (QED) is 0.339. The molecule has 0 radical (unpaired) electrons. The first-order chi connectivity index (χ1) is 17.4. The SMILES string of the molecule is CC(C)(C)C1CCC(Nc2ccccc2)(c2nnnn2[C@@H](/C=C/c2ccc(Cl)cc2Cl)C(C)(C)C)CC1. The number of allylic oxidation sites excluding steroid dienone is 1. The highest BCUT2D eigenvalue weighted by atomic mass is 35.5. The zero-order valence-corrected chi connectivity index (χ0v) is 24.3. The van der Waals surface area contributed by atoms with Crippen LogP contribution in [-0.4, -0.2) is 20.2 Å². The van der Waals surface area contributed by atoms with E-state index < -0.39 is 0 Å². The molecule has 1 heterocycles. The molecule has 1 saturated carbocycles. The zero-order chi connectivity index (χ0) is 26.8. The van der Waals surface area contributed by atoms with Gasteiger partial charge in [-0.1, -0.05) is 101 Å². The summed E-state index contributed by atoms with van der Waals surface area (Å²) < 4.78 is 2.02. The average molecular weight is 541 g/mol. The van der Waals surface area contributed by atoms with Gasteiger partial charge in [0.2, 0.25) is 0 Å². The molecule has 1 fully saturated rings. The molecule has 198 valence electrons. The molecule has 1 aliphatic rings. The molecule has 0 unspecified atom stereocenters. The maximum absolute atomic E-state index is 6.48. The van der Waals surface area contributed by atoms with Crippen LogP contribution in [-0.2, 0) is 5.54 Å². The summed E-state index contributed by atoms with van der Waals surface area (Å²) in [5.74, 6) is 1.54. The Morgan fingerprint density at radius 1 is 1.00 bits per heavy atom. The Hall–Kier alpha value is -2.37. The molecule has 1 atom stereocenters. The molecule has 0 bridgehead atoms. The van der Waals surface area contributed by atoms with Gasteiger partial charge in [-0.15, -0.1) is 5.10 Å². The molecule has 1 aliphatic carbocycles. The minimum Gasteiger partial charge on any atom is -0.373 e. The van der Waals surface area contributed by atoms with Gasteiger partial charge in [-0.2, -0.15) is 0 Å². The molecule has 7 heteroatoms. The Labute approximate surface area is 231 Å². The molecule has 0 aliphatic heterocycles. The second-order valence-corrected chi connectivity index (χ2v) is 13.3. The van der Waals surface area contributed by atoms with Crippen molar-refractivity contribution < 1.29 is 0 Å². The highest BCUT2D eigenvalue weighted by Gasteiger charge is 2.45. The maximum atomic E-state index is 6.48. The third kappa shape index (κ3) is 6.38. The van der Waals surface area contributed by atoms with Crippen LogP contribution in [0.2, 0.25) is 10.0 Å². The number of anilines is 1. The molecular formula is C30H39Cl2N5. The highest BCUT2D eigenvalue weighted by Crippen LogP contribution is 2.47. The van der Waals surface area contributed by atoms with Gasteiger partial charge in [-0.25, -0.2) is 4.68 Å². The largest absolute Gasteiger partial charge is 0.373 e. The predicted molar refractivity (Wildman–Crippen MR) is 155 cm³/mol. The van der Waals surface area contributed by atoms with E-state index >= 15 is 0 Å². The van der Waals surface area contributed by atoms with Gasteiger partial charge in [-0.3, -0.25) is 0 Å². The number of nitrogens with one attached hydrogen (secondary N) is 1. The Morgan fingerprint density at radius 3 is 2.27 bits per heavy atom. The maximum Gasteiger partial charge on any atom is 0.177 e. The van der Waals surface area contributed by atoms with Gasteiger partial charge in [0.1, 0.15) is 0 Å². The summed E-state index contributed by atoms with van der Waals surface area (Å²) >= 11 is 12.6. The monoisotopic (exact) mass is 539 g/mol. The van der Waals surface area contributed by atoms with Gasteiger partial charge in [-0.05, 0) is 82.7 Å². The van der Waals surface area contributed by atoms with Gasteiger partial charge in [0, 0.05) is 15.7 Å². The van der Waals surface area contributed by atoms with Crippen LogP contribution in [0.4, 0.5) is 5.69 Å². The van der Waals surface area contributed by atoms with Crippen molar-refractivity contribution in [2.45, 2.75) is 78.8 Å². The summed E-state index contributed by atoms with van der Waals surface area (Å²) in [4.78, 5) is 0. The smallest absolute Gasteiger partial charge is 0.177 e. The number of aromatic nitrogens is 4. The lowest BCUT2D eigenvalue weighted by Crippen LogP contribution is -2.44. The van der Waals surface area contributed by atoms with Crippen molar-refractivity contribution in [1.29, 1.82) is 0 Å². The highest BCUT2D eigenvalue weighted by molar-refractivity contribution is 6.35. The molecule has 0 spiro atoms. The van der Waals surface area contributed by atoms with Crippen LogP contribution in [0.5, 0.6) is 0 Å². The summed E-state index contributed by atoms with van der Waals surface area (Å²) in [6, 6.07) is 15.9. The van der Waals surface area contributed by atoms with Gasteiger partial charge < -0.3 is 5.32 Å². The second-order valence-electron chi connectivity index (χ2n) is 12.5.